The fourth-order valence-corrected chi connectivity index (χ4v) is 2.96. The van der Waals surface area contributed by atoms with E-state index in [9.17, 15) is 0 Å². The molecule has 0 aromatic heterocycles. The second-order valence-corrected chi connectivity index (χ2v) is 5.87. The average molecular weight is 328 g/mol. The third kappa shape index (κ3) is 4.20. The number of hydrogen-bond donors (Lipinski definition) is 1. The molecule has 2 atom stereocenters. The molecule has 0 spiro atoms. The molecule has 1 aromatic rings. The number of ether oxygens (including phenoxy) is 2. The van der Waals surface area contributed by atoms with Crippen molar-refractivity contribution in [2.45, 2.75) is 37.8 Å². The Morgan fingerprint density at radius 1 is 1.53 bits per heavy atom. The van der Waals surface area contributed by atoms with Crippen molar-refractivity contribution in [3.63, 3.8) is 0 Å². The smallest absolute Gasteiger partial charge is 0.119 e. The van der Waals surface area contributed by atoms with E-state index in [1.165, 1.54) is 18.4 Å². The second-order valence-electron chi connectivity index (χ2n) is 5.02. The zero-order valence-electron chi connectivity index (χ0n) is 11.6. The highest BCUT2D eigenvalue weighted by molar-refractivity contribution is 9.10. The Morgan fingerprint density at radius 2 is 2.37 bits per heavy atom. The largest absolute Gasteiger partial charge is 0.497 e. The third-order valence-corrected chi connectivity index (χ3v) is 4.47. The van der Waals surface area contributed by atoms with Crippen molar-refractivity contribution in [2.75, 3.05) is 20.8 Å². The van der Waals surface area contributed by atoms with Crippen LogP contribution in [-0.2, 0) is 11.2 Å². The summed E-state index contributed by atoms with van der Waals surface area (Å²) in [4.78, 5) is 0. The number of likely N-dealkylation sites (N-methyl/N-ethyl adjacent to an activating group) is 1. The lowest BCUT2D eigenvalue weighted by Crippen LogP contribution is -2.31. The molecule has 2 rings (SSSR count). The summed E-state index contributed by atoms with van der Waals surface area (Å²) in [7, 11) is 3.72. The highest BCUT2D eigenvalue weighted by Gasteiger charge is 2.20. The summed E-state index contributed by atoms with van der Waals surface area (Å²) >= 11 is 3.62. The molecular weight excluding hydrogens is 306 g/mol. The molecule has 0 saturated carbocycles. The highest BCUT2D eigenvalue weighted by atomic mass is 79.9. The van der Waals surface area contributed by atoms with E-state index in [-0.39, 0.29) is 0 Å². The summed E-state index contributed by atoms with van der Waals surface area (Å²) in [5.74, 6) is 0.908. The predicted molar refractivity (Wildman–Crippen MR) is 80.8 cm³/mol. The molecule has 0 amide bonds. The second kappa shape index (κ2) is 7.27. The fraction of sp³-hybridized carbons (Fsp3) is 0.600. The van der Waals surface area contributed by atoms with Gasteiger partial charge in [0.15, 0.2) is 0 Å². The number of benzene rings is 1. The number of methoxy groups -OCH3 is 1. The molecule has 0 radical (unpaired) electrons. The Bertz CT molecular complexity index is 405. The van der Waals surface area contributed by atoms with Crippen LogP contribution in [0.1, 0.15) is 24.8 Å². The summed E-state index contributed by atoms with van der Waals surface area (Å²) in [6.45, 7) is 0.921. The van der Waals surface area contributed by atoms with Gasteiger partial charge in [0, 0.05) is 17.1 Å². The highest BCUT2D eigenvalue weighted by Crippen LogP contribution is 2.25. The maximum atomic E-state index is 5.72. The Hall–Kier alpha value is -0.580. The van der Waals surface area contributed by atoms with Gasteiger partial charge in [0.25, 0.3) is 0 Å². The van der Waals surface area contributed by atoms with Gasteiger partial charge in [-0.3, -0.25) is 0 Å². The van der Waals surface area contributed by atoms with Gasteiger partial charge in [-0.15, -0.1) is 0 Å². The van der Waals surface area contributed by atoms with Gasteiger partial charge in [-0.2, -0.15) is 0 Å². The molecular formula is C15H22BrNO2. The zero-order valence-corrected chi connectivity index (χ0v) is 13.2. The van der Waals surface area contributed by atoms with Crippen molar-refractivity contribution in [1.82, 2.24) is 5.32 Å². The first-order chi connectivity index (χ1) is 9.22. The topological polar surface area (TPSA) is 30.5 Å². The van der Waals surface area contributed by atoms with Crippen LogP contribution < -0.4 is 10.1 Å². The van der Waals surface area contributed by atoms with Crippen LogP contribution in [0.3, 0.4) is 0 Å². The zero-order chi connectivity index (χ0) is 13.7. The van der Waals surface area contributed by atoms with Crippen molar-refractivity contribution >= 4 is 15.9 Å². The van der Waals surface area contributed by atoms with Crippen molar-refractivity contribution in [2.24, 2.45) is 0 Å². The molecule has 1 aliphatic heterocycles. The van der Waals surface area contributed by atoms with Crippen LogP contribution in [0.4, 0.5) is 0 Å². The van der Waals surface area contributed by atoms with Gasteiger partial charge in [-0.05, 0) is 56.5 Å². The molecule has 1 aromatic carbocycles. The predicted octanol–water partition coefficient (Wildman–Crippen LogP) is 3.16. The minimum absolute atomic E-state index is 0.418. The first kappa shape index (κ1) is 14.8. The van der Waals surface area contributed by atoms with Crippen LogP contribution in [0, 0.1) is 0 Å². The number of halogens is 1. The van der Waals surface area contributed by atoms with Gasteiger partial charge >= 0.3 is 0 Å². The van der Waals surface area contributed by atoms with Crippen molar-refractivity contribution in [3.05, 3.63) is 28.2 Å². The van der Waals surface area contributed by atoms with Gasteiger partial charge in [-0.1, -0.05) is 15.9 Å². The monoisotopic (exact) mass is 327 g/mol. The molecule has 3 nitrogen and oxygen atoms in total. The molecule has 1 N–H and O–H groups in total. The molecule has 1 aliphatic rings. The lowest BCUT2D eigenvalue weighted by Gasteiger charge is -2.20. The number of hydrogen-bond acceptors (Lipinski definition) is 3. The minimum Gasteiger partial charge on any atom is -0.497 e. The first-order valence-corrected chi connectivity index (χ1v) is 7.63. The van der Waals surface area contributed by atoms with E-state index in [0.29, 0.717) is 12.1 Å². The summed E-state index contributed by atoms with van der Waals surface area (Å²) in [6.07, 6.45) is 4.86. The summed E-state index contributed by atoms with van der Waals surface area (Å²) in [6, 6.07) is 6.56. The van der Waals surface area contributed by atoms with Crippen molar-refractivity contribution in [1.29, 1.82) is 0 Å². The average Bonchev–Trinajstić information content (AvgIpc) is 2.93. The minimum atomic E-state index is 0.418. The van der Waals surface area contributed by atoms with E-state index >= 15 is 0 Å². The molecule has 1 heterocycles. The molecule has 2 unspecified atom stereocenters. The molecule has 0 aliphatic carbocycles. The van der Waals surface area contributed by atoms with Gasteiger partial charge < -0.3 is 14.8 Å². The molecule has 1 saturated heterocycles. The molecule has 4 heteroatoms. The third-order valence-electron chi connectivity index (χ3n) is 3.70. The maximum Gasteiger partial charge on any atom is 0.119 e. The Labute approximate surface area is 123 Å². The van der Waals surface area contributed by atoms with Crippen LogP contribution in [0.2, 0.25) is 0 Å². The Balaban J connectivity index is 2.00. The van der Waals surface area contributed by atoms with Gasteiger partial charge in [0.05, 0.1) is 13.2 Å². The first-order valence-electron chi connectivity index (χ1n) is 6.84. The molecule has 106 valence electrons. The van der Waals surface area contributed by atoms with E-state index in [1.54, 1.807) is 7.11 Å². The lowest BCUT2D eigenvalue weighted by molar-refractivity contribution is 0.0954. The van der Waals surface area contributed by atoms with Crippen LogP contribution in [0.25, 0.3) is 0 Å². The summed E-state index contributed by atoms with van der Waals surface area (Å²) in [5, 5.41) is 3.40. The van der Waals surface area contributed by atoms with Crippen LogP contribution in [0.5, 0.6) is 5.75 Å². The number of rotatable bonds is 6. The normalized spacial score (nSPS) is 20.5. The van der Waals surface area contributed by atoms with E-state index in [0.717, 1.165) is 29.7 Å². The SMILES string of the molecule is CNC(Cc1cc(OC)ccc1Br)CC1CCCO1. The Morgan fingerprint density at radius 3 is 3.00 bits per heavy atom. The van der Waals surface area contributed by atoms with Crippen LogP contribution in [0.15, 0.2) is 22.7 Å². The van der Waals surface area contributed by atoms with E-state index in [1.807, 2.05) is 19.2 Å². The molecule has 19 heavy (non-hydrogen) atoms. The van der Waals surface area contributed by atoms with Crippen LogP contribution in [-0.4, -0.2) is 32.9 Å². The van der Waals surface area contributed by atoms with Gasteiger partial charge in [0.2, 0.25) is 0 Å². The van der Waals surface area contributed by atoms with Crippen LogP contribution >= 0.6 is 15.9 Å². The molecule has 0 bridgehead atoms. The van der Waals surface area contributed by atoms with Gasteiger partial charge in [-0.25, -0.2) is 0 Å². The van der Waals surface area contributed by atoms with Crippen molar-refractivity contribution in [3.8, 4) is 5.75 Å². The quantitative estimate of drug-likeness (QED) is 0.870. The van der Waals surface area contributed by atoms with Crippen molar-refractivity contribution < 1.29 is 9.47 Å². The van der Waals surface area contributed by atoms with E-state index in [2.05, 4.69) is 27.3 Å². The lowest BCUT2D eigenvalue weighted by atomic mass is 9.99. The van der Waals surface area contributed by atoms with E-state index in [4.69, 9.17) is 9.47 Å². The van der Waals surface area contributed by atoms with E-state index < -0.39 is 0 Å². The summed E-state index contributed by atoms with van der Waals surface area (Å²) in [5.41, 5.74) is 1.27. The fourth-order valence-electron chi connectivity index (χ4n) is 2.55. The van der Waals surface area contributed by atoms with Gasteiger partial charge in [0.1, 0.15) is 5.75 Å². The number of nitrogens with one attached hydrogen (secondary N) is 1. The molecule has 1 fully saturated rings. The summed E-state index contributed by atoms with van der Waals surface area (Å²) < 4.78 is 12.2. The maximum absolute atomic E-state index is 5.72. The Kier molecular flexibility index (Phi) is 5.67. The standard InChI is InChI=1S/C15H22BrNO2/c1-17-12(10-14-4-3-7-19-14)8-11-9-13(18-2)5-6-15(11)16/h5-6,9,12,14,17H,3-4,7-8,10H2,1-2H3.